The summed E-state index contributed by atoms with van der Waals surface area (Å²) < 4.78 is 29.4. The second-order valence-corrected chi connectivity index (χ2v) is 3.08. The van der Waals surface area contributed by atoms with Gasteiger partial charge in [0.25, 0.3) is 6.43 Å². The summed E-state index contributed by atoms with van der Waals surface area (Å²) in [5.74, 6) is 0. The maximum atomic E-state index is 12.3. The highest BCUT2D eigenvalue weighted by molar-refractivity contribution is 5.75. The molecule has 0 atom stereocenters. The smallest absolute Gasteiger partial charge is 0.278 e. The van der Waals surface area contributed by atoms with Gasteiger partial charge in [-0.15, -0.1) is 0 Å². The molecule has 0 bridgehead atoms. The zero-order chi connectivity index (χ0) is 11.0. The molecule has 0 aromatic carbocycles. The highest BCUT2D eigenvalue weighted by Crippen LogP contribution is 2.19. The first-order valence-electron chi connectivity index (χ1n) is 4.43. The molecule has 0 unspecified atom stereocenters. The standard InChI is InChI=1S/C9H8F2N2O2/c1-2-4-7-6(14)3-5(8(10)11)12-9(7)15-13-4/h3,8H,2H2,1H3,(H,12,14). The third-order valence-electron chi connectivity index (χ3n) is 2.12. The van der Waals surface area contributed by atoms with Crippen LogP contribution in [0, 0.1) is 0 Å². The first-order chi connectivity index (χ1) is 7.13. The van der Waals surface area contributed by atoms with Crippen molar-refractivity contribution in [3.05, 3.63) is 27.7 Å². The van der Waals surface area contributed by atoms with Gasteiger partial charge in [-0.1, -0.05) is 12.1 Å². The number of alkyl halides is 2. The molecule has 0 amide bonds. The van der Waals surface area contributed by atoms with Crippen molar-refractivity contribution in [2.24, 2.45) is 0 Å². The van der Waals surface area contributed by atoms with Crippen LogP contribution in [0.5, 0.6) is 0 Å². The first-order valence-corrected chi connectivity index (χ1v) is 4.43. The topological polar surface area (TPSA) is 58.9 Å². The van der Waals surface area contributed by atoms with E-state index in [0.29, 0.717) is 12.1 Å². The lowest BCUT2D eigenvalue weighted by atomic mass is 10.2. The number of halogens is 2. The van der Waals surface area contributed by atoms with E-state index in [9.17, 15) is 13.6 Å². The average molecular weight is 214 g/mol. The van der Waals surface area contributed by atoms with Crippen LogP contribution in [0.2, 0.25) is 0 Å². The molecular weight excluding hydrogens is 206 g/mol. The minimum atomic E-state index is -2.72. The number of aromatic nitrogens is 2. The lowest BCUT2D eigenvalue weighted by Gasteiger charge is -1.97. The van der Waals surface area contributed by atoms with E-state index in [1.165, 1.54) is 0 Å². The van der Waals surface area contributed by atoms with Gasteiger partial charge in [-0.25, -0.2) is 8.78 Å². The van der Waals surface area contributed by atoms with Crippen LogP contribution in [0.4, 0.5) is 8.78 Å². The average Bonchev–Trinajstić information content (AvgIpc) is 2.60. The van der Waals surface area contributed by atoms with Crippen molar-refractivity contribution in [1.29, 1.82) is 0 Å². The lowest BCUT2D eigenvalue weighted by Crippen LogP contribution is -2.05. The Morgan fingerprint density at radius 1 is 1.60 bits per heavy atom. The molecule has 15 heavy (non-hydrogen) atoms. The number of rotatable bonds is 2. The zero-order valence-corrected chi connectivity index (χ0v) is 7.88. The van der Waals surface area contributed by atoms with Gasteiger partial charge in [0.15, 0.2) is 5.43 Å². The molecule has 0 radical (unpaired) electrons. The molecule has 0 saturated heterocycles. The molecule has 0 aliphatic heterocycles. The van der Waals surface area contributed by atoms with Gasteiger partial charge in [-0.3, -0.25) is 4.79 Å². The number of aryl methyl sites for hydroxylation is 1. The minimum absolute atomic E-state index is 0.00894. The predicted molar refractivity (Wildman–Crippen MR) is 49.0 cm³/mol. The van der Waals surface area contributed by atoms with Crippen LogP contribution in [-0.4, -0.2) is 10.1 Å². The Balaban J connectivity index is 2.75. The lowest BCUT2D eigenvalue weighted by molar-refractivity contribution is 0.146. The molecule has 0 aliphatic rings. The van der Waals surface area contributed by atoms with E-state index in [-0.39, 0.29) is 11.1 Å². The minimum Gasteiger partial charge on any atom is -0.337 e. The van der Waals surface area contributed by atoms with E-state index < -0.39 is 17.5 Å². The number of H-pyrrole nitrogens is 1. The first kappa shape index (κ1) is 9.82. The number of fused-ring (bicyclic) bond motifs is 1. The molecule has 1 N–H and O–H groups in total. The van der Waals surface area contributed by atoms with Crippen molar-refractivity contribution in [2.75, 3.05) is 0 Å². The van der Waals surface area contributed by atoms with Crippen LogP contribution in [0.15, 0.2) is 15.4 Å². The second kappa shape index (κ2) is 3.45. The van der Waals surface area contributed by atoms with Crippen molar-refractivity contribution in [1.82, 2.24) is 10.1 Å². The van der Waals surface area contributed by atoms with E-state index in [4.69, 9.17) is 4.52 Å². The van der Waals surface area contributed by atoms with Crippen molar-refractivity contribution in [2.45, 2.75) is 19.8 Å². The predicted octanol–water partition coefficient (Wildman–Crippen LogP) is 2.02. The van der Waals surface area contributed by atoms with E-state index >= 15 is 0 Å². The van der Waals surface area contributed by atoms with Crippen LogP contribution in [0.1, 0.15) is 24.7 Å². The molecule has 0 fully saturated rings. The van der Waals surface area contributed by atoms with Gasteiger partial charge in [-0.2, -0.15) is 0 Å². The number of pyridine rings is 1. The van der Waals surface area contributed by atoms with E-state index in [1.807, 2.05) is 0 Å². The molecule has 2 aromatic heterocycles. The van der Waals surface area contributed by atoms with Crippen LogP contribution in [-0.2, 0) is 6.42 Å². The Morgan fingerprint density at radius 3 is 2.93 bits per heavy atom. The number of nitrogens with zero attached hydrogens (tertiary/aromatic N) is 1. The van der Waals surface area contributed by atoms with Crippen LogP contribution in [0.25, 0.3) is 11.1 Å². The number of hydrogen-bond acceptors (Lipinski definition) is 3. The van der Waals surface area contributed by atoms with Crippen molar-refractivity contribution in [3.63, 3.8) is 0 Å². The Bertz CT molecular complexity index is 545. The summed E-state index contributed by atoms with van der Waals surface area (Å²) in [5, 5.41) is 3.88. The summed E-state index contributed by atoms with van der Waals surface area (Å²) in [4.78, 5) is 13.8. The highest BCUT2D eigenvalue weighted by atomic mass is 19.3. The number of hydrogen-bond donors (Lipinski definition) is 1. The molecule has 4 nitrogen and oxygen atoms in total. The van der Waals surface area contributed by atoms with Crippen LogP contribution < -0.4 is 5.43 Å². The summed E-state index contributed by atoms with van der Waals surface area (Å²) in [7, 11) is 0. The zero-order valence-electron chi connectivity index (χ0n) is 7.88. The van der Waals surface area contributed by atoms with Gasteiger partial charge in [0, 0.05) is 6.07 Å². The largest absolute Gasteiger partial charge is 0.337 e. The fourth-order valence-corrected chi connectivity index (χ4v) is 1.40. The van der Waals surface area contributed by atoms with Crippen molar-refractivity contribution in [3.8, 4) is 0 Å². The molecular formula is C9H8F2N2O2. The third kappa shape index (κ3) is 1.51. The Morgan fingerprint density at radius 2 is 2.33 bits per heavy atom. The fourth-order valence-electron chi connectivity index (χ4n) is 1.40. The van der Waals surface area contributed by atoms with Crippen LogP contribution in [0.3, 0.4) is 0 Å². The van der Waals surface area contributed by atoms with Gasteiger partial charge in [0.2, 0.25) is 5.71 Å². The summed E-state index contributed by atoms with van der Waals surface area (Å²) >= 11 is 0. The molecule has 6 heteroatoms. The summed E-state index contributed by atoms with van der Waals surface area (Å²) in [5.41, 5.74) is -0.454. The van der Waals surface area contributed by atoms with Gasteiger partial charge in [0.05, 0.1) is 11.4 Å². The quantitative estimate of drug-likeness (QED) is 0.831. The summed E-state index contributed by atoms with van der Waals surface area (Å²) in [6.07, 6.45) is -2.21. The van der Waals surface area contributed by atoms with Crippen molar-refractivity contribution < 1.29 is 13.3 Å². The van der Waals surface area contributed by atoms with Crippen molar-refractivity contribution >= 4 is 11.1 Å². The highest BCUT2D eigenvalue weighted by Gasteiger charge is 2.15. The molecule has 80 valence electrons. The molecule has 2 aromatic rings. The maximum Gasteiger partial charge on any atom is 0.278 e. The summed E-state index contributed by atoms with van der Waals surface area (Å²) in [6, 6.07) is 0.878. The second-order valence-electron chi connectivity index (χ2n) is 3.08. The fraction of sp³-hybridized carbons (Fsp3) is 0.333. The Labute approximate surface area is 82.9 Å². The molecule has 0 saturated carbocycles. The van der Waals surface area contributed by atoms with Gasteiger partial charge in [0.1, 0.15) is 5.39 Å². The van der Waals surface area contributed by atoms with E-state index in [0.717, 1.165) is 6.07 Å². The Kier molecular flexibility index (Phi) is 2.26. The normalized spacial score (nSPS) is 11.5. The molecule has 0 spiro atoms. The van der Waals surface area contributed by atoms with Crippen LogP contribution >= 0.6 is 0 Å². The maximum absolute atomic E-state index is 12.3. The van der Waals surface area contributed by atoms with E-state index in [2.05, 4.69) is 10.1 Å². The Hall–Kier alpha value is -1.72. The number of aromatic amines is 1. The molecule has 2 heterocycles. The monoisotopic (exact) mass is 214 g/mol. The SMILES string of the molecule is CCc1noc2[nH]c(C(F)F)cc(=O)c12. The van der Waals surface area contributed by atoms with Gasteiger partial charge in [-0.05, 0) is 6.42 Å². The number of nitrogens with one attached hydrogen (secondary N) is 1. The summed E-state index contributed by atoms with van der Waals surface area (Å²) in [6.45, 7) is 1.80. The third-order valence-corrected chi connectivity index (χ3v) is 2.12. The van der Waals surface area contributed by atoms with E-state index in [1.54, 1.807) is 6.92 Å². The molecule has 0 aliphatic carbocycles. The molecule has 2 rings (SSSR count). The van der Waals surface area contributed by atoms with Gasteiger partial charge >= 0.3 is 0 Å². The van der Waals surface area contributed by atoms with Gasteiger partial charge < -0.3 is 9.51 Å².